The van der Waals surface area contributed by atoms with Crippen molar-refractivity contribution in [1.29, 1.82) is 0 Å². The maximum atomic E-state index is 9.60. The Bertz CT molecular complexity index is 253. The van der Waals surface area contributed by atoms with E-state index in [1.165, 1.54) is 0 Å². The van der Waals surface area contributed by atoms with Gasteiger partial charge in [0.2, 0.25) is 0 Å². The van der Waals surface area contributed by atoms with E-state index >= 15 is 0 Å². The predicted molar refractivity (Wildman–Crippen MR) is 65.4 cm³/mol. The molecule has 17 heavy (non-hydrogen) atoms. The van der Waals surface area contributed by atoms with Crippen LogP contribution in [-0.4, -0.2) is 48.9 Å². The van der Waals surface area contributed by atoms with E-state index in [-0.39, 0.29) is 11.3 Å². The van der Waals surface area contributed by atoms with E-state index in [2.05, 4.69) is 9.64 Å². The van der Waals surface area contributed by atoms with E-state index in [4.69, 9.17) is 10.5 Å². The molecular formula is C12H24N2O3. The fourth-order valence-corrected chi connectivity index (χ4v) is 1.86. The molecule has 0 aromatic heterocycles. The van der Waals surface area contributed by atoms with Gasteiger partial charge in [0.1, 0.15) is 11.3 Å². The predicted octanol–water partition coefficient (Wildman–Crippen LogP) is 0.725. The van der Waals surface area contributed by atoms with Gasteiger partial charge >= 0.3 is 0 Å². The van der Waals surface area contributed by atoms with Gasteiger partial charge in [-0.05, 0) is 40.2 Å². The summed E-state index contributed by atoms with van der Waals surface area (Å²) in [6.45, 7) is 9.91. The maximum absolute atomic E-state index is 9.60. The molecule has 0 amide bonds. The average Bonchev–Trinajstić information content (AvgIpc) is 2.77. The minimum absolute atomic E-state index is 0.166. The molecular weight excluding hydrogens is 220 g/mol. The number of nitrogens with zero attached hydrogens (tertiary/aromatic N) is 1. The van der Waals surface area contributed by atoms with Crippen molar-refractivity contribution in [3.63, 3.8) is 0 Å². The summed E-state index contributed by atoms with van der Waals surface area (Å²) in [5.74, 6) is 0. The lowest BCUT2D eigenvalue weighted by Gasteiger charge is -2.14. The fourth-order valence-electron chi connectivity index (χ4n) is 1.86. The van der Waals surface area contributed by atoms with Gasteiger partial charge in [-0.1, -0.05) is 0 Å². The van der Waals surface area contributed by atoms with Crippen LogP contribution in [0.3, 0.4) is 0 Å². The molecule has 5 heteroatoms. The second-order valence-electron chi connectivity index (χ2n) is 5.43. The molecule has 2 aliphatic rings. The Labute approximate surface area is 103 Å². The normalized spacial score (nSPS) is 30.0. The van der Waals surface area contributed by atoms with Crippen molar-refractivity contribution in [2.24, 2.45) is 5.73 Å². The summed E-state index contributed by atoms with van der Waals surface area (Å²) in [5.41, 5.74) is 5.26. The number of morpholine rings is 1. The third-order valence-electron chi connectivity index (χ3n) is 2.82. The highest BCUT2D eigenvalue weighted by atomic mass is 16.5. The van der Waals surface area contributed by atoms with Crippen molar-refractivity contribution >= 4 is 6.47 Å². The first-order valence-electron chi connectivity index (χ1n) is 6.14. The van der Waals surface area contributed by atoms with Crippen LogP contribution in [0.1, 0.15) is 33.6 Å². The molecule has 0 aliphatic carbocycles. The molecule has 5 nitrogen and oxygen atoms in total. The average molecular weight is 244 g/mol. The summed E-state index contributed by atoms with van der Waals surface area (Å²) < 4.78 is 10.1. The van der Waals surface area contributed by atoms with Gasteiger partial charge in [-0.2, -0.15) is 0 Å². The molecule has 0 spiro atoms. The third-order valence-corrected chi connectivity index (χ3v) is 2.82. The highest BCUT2D eigenvalue weighted by molar-refractivity contribution is 5.37. The van der Waals surface area contributed by atoms with Crippen LogP contribution >= 0.6 is 0 Å². The lowest BCUT2D eigenvalue weighted by Crippen LogP contribution is -2.17. The smallest absolute Gasteiger partial charge is 0.293 e. The highest BCUT2D eigenvalue weighted by Gasteiger charge is 2.55. The first-order valence-corrected chi connectivity index (χ1v) is 6.14. The van der Waals surface area contributed by atoms with Crippen LogP contribution in [0.5, 0.6) is 0 Å². The highest BCUT2D eigenvalue weighted by Crippen LogP contribution is 2.41. The Morgan fingerprint density at radius 3 is 2.53 bits per heavy atom. The van der Waals surface area contributed by atoms with Crippen LogP contribution in [-0.2, 0) is 14.3 Å². The summed E-state index contributed by atoms with van der Waals surface area (Å²) in [6, 6.07) is 0. The standard InChI is InChI=1S/C7H14N2O.C5H10O2/c8-3-1-2-7-6-9(7)4-5-10-7;1-5(2,3)7-4-6/h1-6,8H2;4H,1-3H3. The summed E-state index contributed by atoms with van der Waals surface area (Å²) in [6.07, 6.45) is 2.22. The summed E-state index contributed by atoms with van der Waals surface area (Å²) >= 11 is 0. The number of nitrogens with two attached hydrogens (primary N) is 1. The SMILES string of the molecule is CC(C)(C)OC=O.NCCCC12CN1CCO2. The number of hydrogen-bond donors (Lipinski definition) is 1. The van der Waals surface area contributed by atoms with Crippen molar-refractivity contribution in [3.8, 4) is 0 Å². The van der Waals surface area contributed by atoms with E-state index in [1.807, 2.05) is 20.8 Å². The van der Waals surface area contributed by atoms with Crippen molar-refractivity contribution in [1.82, 2.24) is 4.90 Å². The zero-order valence-corrected chi connectivity index (χ0v) is 11.1. The van der Waals surface area contributed by atoms with Crippen LogP contribution in [0, 0.1) is 0 Å². The first kappa shape index (κ1) is 14.4. The Morgan fingerprint density at radius 1 is 1.53 bits per heavy atom. The largest absolute Gasteiger partial charge is 0.462 e. The summed E-state index contributed by atoms with van der Waals surface area (Å²) in [4.78, 5) is 12.0. The van der Waals surface area contributed by atoms with Crippen LogP contribution in [0.25, 0.3) is 0 Å². The monoisotopic (exact) mass is 244 g/mol. The molecule has 2 fully saturated rings. The van der Waals surface area contributed by atoms with Crippen molar-refractivity contribution in [3.05, 3.63) is 0 Å². The molecule has 0 radical (unpaired) electrons. The van der Waals surface area contributed by atoms with Crippen LogP contribution in [0.2, 0.25) is 0 Å². The van der Waals surface area contributed by atoms with E-state index in [9.17, 15) is 4.79 Å². The molecule has 0 aromatic rings. The van der Waals surface area contributed by atoms with Gasteiger partial charge in [0.25, 0.3) is 6.47 Å². The van der Waals surface area contributed by atoms with Gasteiger partial charge in [-0.3, -0.25) is 9.69 Å². The van der Waals surface area contributed by atoms with Crippen molar-refractivity contribution in [2.45, 2.75) is 44.9 Å². The van der Waals surface area contributed by atoms with E-state index in [0.29, 0.717) is 6.47 Å². The lowest BCUT2D eigenvalue weighted by molar-refractivity contribution is -0.138. The number of carbonyl (C=O) groups excluding carboxylic acids is 1. The Hall–Kier alpha value is -0.650. The molecule has 2 atom stereocenters. The molecule has 0 saturated carbocycles. The molecule has 0 bridgehead atoms. The number of rotatable bonds is 4. The molecule has 100 valence electrons. The van der Waals surface area contributed by atoms with Crippen LogP contribution < -0.4 is 5.73 Å². The maximum Gasteiger partial charge on any atom is 0.293 e. The number of hydrogen-bond acceptors (Lipinski definition) is 5. The van der Waals surface area contributed by atoms with E-state index in [1.54, 1.807) is 0 Å². The Kier molecular flexibility index (Phi) is 4.91. The van der Waals surface area contributed by atoms with Gasteiger partial charge in [0.15, 0.2) is 0 Å². The third kappa shape index (κ3) is 4.61. The van der Waals surface area contributed by atoms with Crippen LogP contribution in [0.4, 0.5) is 0 Å². The van der Waals surface area contributed by atoms with Gasteiger partial charge < -0.3 is 15.2 Å². The van der Waals surface area contributed by atoms with Gasteiger partial charge in [0, 0.05) is 13.1 Å². The molecule has 2 N–H and O–H groups in total. The zero-order valence-electron chi connectivity index (χ0n) is 11.1. The minimum atomic E-state index is -0.318. The molecule has 0 aromatic carbocycles. The first-order chi connectivity index (χ1) is 7.93. The summed E-state index contributed by atoms with van der Waals surface area (Å²) in [5, 5.41) is 0. The number of carbonyl (C=O) groups is 1. The second-order valence-corrected chi connectivity index (χ2v) is 5.43. The second kappa shape index (κ2) is 5.80. The molecule has 2 saturated heterocycles. The minimum Gasteiger partial charge on any atom is -0.462 e. The van der Waals surface area contributed by atoms with E-state index in [0.717, 1.165) is 39.1 Å². The van der Waals surface area contributed by atoms with Gasteiger partial charge in [-0.25, -0.2) is 0 Å². The number of ether oxygens (including phenoxy) is 2. The molecule has 2 heterocycles. The van der Waals surface area contributed by atoms with Crippen molar-refractivity contribution < 1.29 is 14.3 Å². The molecule has 2 aliphatic heterocycles. The van der Waals surface area contributed by atoms with Crippen molar-refractivity contribution in [2.75, 3.05) is 26.2 Å². The topological polar surface area (TPSA) is 64.6 Å². The zero-order chi connectivity index (χ0) is 12.9. The Morgan fingerprint density at radius 2 is 2.24 bits per heavy atom. The van der Waals surface area contributed by atoms with Crippen LogP contribution in [0.15, 0.2) is 0 Å². The molecule has 2 rings (SSSR count). The Balaban J connectivity index is 0.000000185. The fraction of sp³-hybridized carbons (Fsp3) is 0.917. The quantitative estimate of drug-likeness (QED) is 0.583. The van der Waals surface area contributed by atoms with Gasteiger partial charge in [0.05, 0.1) is 6.61 Å². The number of fused-ring (bicyclic) bond motifs is 1. The van der Waals surface area contributed by atoms with E-state index < -0.39 is 0 Å². The van der Waals surface area contributed by atoms with Gasteiger partial charge in [-0.15, -0.1) is 0 Å². The molecule has 2 unspecified atom stereocenters. The summed E-state index contributed by atoms with van der Waals surface area (Å²) in [7, 11) is 0. The lowest BCUT2D eigenvalue weighted by atomic mass is 10.2.